The molecule has 0 aromatic carbocycles. The summed E-state index contributed by atoms with van der Waals surface area (Å²) < 4.78 is 1.73. The molecule has 2 aromatic rings. The maximum atomic E-state index is 10.4. The van der Waals surface area contributed by atoms with Crippen LogP contribution < -0.4 is 0 Å². The molecule has 0 aliphatic rings. The van der Waals surface area contributed by atoms with Gasteiger partial charge in [0, 0.05) is 12.4 Å². The van der Waals surface area contributed by atoms with Gasteiger partial charge in [-0.05, 0) is 23.5 Å². The zero-order valence-corrected chi connectivity index (χ0v) is 7.27. The van der Waals surface area contributed by atoms with Gasteiger partial charge in [0.15, 0.2) is 5.13 Å². The minimum absolute atomic E-state index is 0.0590. The van der Waals surface area contributed by atoms with Crippen LogP contribution in [-0.4, -0.2) is 14.5 Å². The smallest absolute Gasteiger partial charge is 0.300 e. The van der Waals surface area contributed by atoms with Crippen molar-refractivity contribution in [3.8, 4) is 5.13 Å². The van der Waals surface area contributed by atoms with Gasteiger partial charge in [-0.2, -0.15) is 0 Å². The van der Waals surface area contributed by atoms with Crippen molar-refractivity contribution >= 4 is 16.3 Å². The normalized spacial score (nSPS) is 10.2. The molecule has 66 valence electrons. The highest BCUT2D eigenvalue weighted by Gasteiger charge is 2.11. The third-order valence-corrected chi connectivity index (χ3v) is 2.45. The van der Waals surface area contributed by atoms with Gasteiger partial charge < -0.3 is 0 Å². The molecule has 2 heterocycles. The summed E-state index contributed by atoms with van der Waals surface area (Å²) in [6.45, 7) is 0. The predicted molar refractivity (Wildman–Crippen MR) is 48.1 cm³/mol. The molecule has 0 N–H and O–H groups in total. The zero-order valence-electron chi connectivity index (χ0n) is 6.45. The molecule has 2 aromatic heterocycles. The van der Waals surface area contributed by atoms with E-state index >= 15 is 0 Å². The summed E-state index contributed by atoms with van der Waals surface area (Å²) in [5.41, 5.74) is 0. The standard InChI is InChI=1S/C7H5N3O2S/c11-10(12)6-5-8-7(13-6)9-3-1-2-4-9/h1-5H. The molecule has 0 saturated heterocycles. The van der Waals surface area contributed by atoms with Crippen molar-refractivity contribution in [2.24, 2.45) is 0 Å². The van der Waals surface area contributed by atoms with Crippen molar-refractivity contribution in [1.82, 2.24) is 9.55 Å². The molecule has 0 fully saturated rings. The third-order valence-electron chi connectivity index (χ3n) is 1.49. The Morgan fingerprint density at radius 1 is 1.46 bits per heavy atom. The summed E-state index contributed by atoms with van der Waals surface area (Å²) in [4.78, 5) is 13.8. The molecule has 0 aliphatic carbocycles. The molecule has 0 amide bonds. The third kappa shape index (κ3) is 1.43. The molecular formula is C7H5N3O2S. The SMILES string of the molecule is O=[N+]([O-])c1cnc(-n2cccc2)s1. The number of nitrogens with zero attached hydrogens (tertiary/aromatic N) is 3. The first-order valence-corrected chi connectivity index (χ1v) is 4.32. The van der Waals surface area contributed by atoms with E-state index in [1.54, 1.807) is 17.0 Å². The number of aromatic nitrogens is 2. The second kappa shape index (κ2) is 2.98. The van der Waals surface area contributed by atoms with Crippen LogP contribution in [0.5, 0.6) is 0 Å². The number of rotatable bonds is 2. The minimum Gasteiger partial charge on any atom is -0.300 e. The van der Waals surface area contributed by atoms with E-state index < -0.39 is 4.92 Å². The van der Waals surface area contributed by atoms with Gasteiger partial charge in [-0.3, -0.25) is 14.7 Å². The van der Waals surface area contributed by atoms with Gasteiger partial charge >= 0.3 is 5.00 Å². The average molecular weight is 195 g/mol. The number of nitro groups is 1. The highest BCUT2D eigenvalue weighted by atomic mass is 32.1. The van der Waals surface area contributed by atoms with Crippen LogP contribution in [0.1, 0.15) is 0 Å². The lowest BCUT2D eigenvalue weighted by molar-refractivity contribution is -0.380. The Balaban J connectivity index is 2.39. The van der Waals surface area contributed by atoms with E-state index in [9.17, 15) is 10.1 Å². The van der Waals surface area contributed by atoms with E-state index in [0.29, 0.717) is 5.13 Å². The van der Waals surface area contributed by atoms with Gasteiger partial charge in [-0.1, -0.05) is 0 Å². The van der Waals surface area contributed by atoms with Crippen LogP contribution >= 0.6 is 11.3 Å². The molecule has 13 heavy (non-hydrogen) atoms. The number of hydrogen-bond donors (Lipinski definition) is 0. The van der Waals surface area contributed by atoms with Crippen LogP contribution in [0.4, 0.5) is 5.00 Å². The largest absolute Gasteiger partial charge is 0.345 e. The molecule has 2 rings (SSSR count). The second-order valence-electron chi connectivity index (χ2n) is 2.33. The lowest BCUT2D eigenvalue weighted by Gasteiger charge is -1.91. The minimum atomic E-state index is -0.440. The molecule has 0 atom stereocenters. The van der Waals surface area contributed by atoms with Crippen molar-refractivity contribution in [1.29, 1.82) is 0 Å². The Kier molecular flexibility index (Phi) is 1.82. The molecule has 6 heteroatoms. The summed E-state index contributed by atoms with van der Waals surface area (Å²) in [5.74, 6) is 0. The van der Waals surface area contributed by atoms with E-state index in [-0.39, 0.29) is 5.00 Å². The van der Waals surface area contributed by atoms with Crippen LogP contribution in [0.2, 0.25) is 0 Å². The van der Waals surface area contributed by atoms with E-state index in [1.165, 1.54) is 6.20 Å². The Bertz CT molecular complexity index is 421. The summed E-state index contributed by atoms with van der Waals surface area (Å²) in [6, 6.07) is 3.68. The first kappa shape index (κ1) is 7.93. The van der Waals surface area contributed by atoms with Crippen LogP contribution in [0.3, 0.4) is 0 Å². The summed E-state index contributed by atoms with van der Waals surface area (Å²) in [5, 5.41) is 11.0. The van der Waals surface area contributed by atoms with Crippen molar-refractivity contribution < 1.29 is 4.92 Å². The Hall–Kier alpha value is -1.69. The Labute approximate surface area is 77.4 Å². The highest BCUT2D eigenvalue weighted by Crippen LogP contribution is 2.23. The molecule has 0 aliphatic heterocycles. The van der Waals surface area contributed by atoms with E-state index in [0.717, 1.165) is 11.3 Å². The molecule has 0 bridgehead atoms. The molecule has 0 unspecified atom stereocenters. The summed E-state index contributed by atoms with van der Waals surface area (Å²) in [6.07, 6.45) is 4.85. The van der Waals surface area contributed by atoms with Crippen molar-refractivity contribution in [2.45, 2.75) is 0 Å². The lowest BCUT2D eigenvalue weighted by atomic mass is 10.7. The fourth-order valence-electron chi connectivity index (χ4n) is 0.922. The van der Waals surface area contributed by atoms with E-state index in [4.69, 9.17) is 0 Å². The highest BCUT2D eigenvalue weighted by molar-refractivity contribution is 7.17. The van der Waals surface area contributed by atoms with Crippen LogP contribution in [0, 0.1) is 10.1 Å². The van der Waals surface area contributed by atoms with Crippen molar-refractivity contribution in [2.75, 3.05) is 0 Å². The van der Waals surface area contributed by atoms with Crippen molar-refractivity contribution in [3.05, 3.63) is 40.8 Å². The Morgan fingerprint density at radius 2 is 2.15 bits per heavy atom. The van der Waals surface area contributed by atoms with Gasteiger partial charge in [0.25, 0.3) is 0 Å². The van der Waals surface area contributed by atoms with Gasteiger partial charge in [0.2, 0.25) is 0 Å². The van der Waals surface area contributed by atoms with Crippen LogP contribution in [-0.2, 0) is 0 Å². The maximum Gasteiger partial charge on any atom is 0.345 e. The number of thiazole rings is 1. The maximum absolute atomic E-state index is 10.4. The van der Waals surface area contributed by atoms with Crippen LogP contribution in [0.25, 0.3) is 5.13 Å². The van der Waals surface area contributed by atoms with E-state index in [1.807, 2.05) is 12.1 Å². The molecule has 0 saturated carbocycles. The zero-order chi connectivity index (χ0) is 9.26. The van der Waals surface area contributed by atoms with Gasteiger partial charge in [-0.25, -0.2) is 4.98 Å². The molecule has 5 nitrogen and oxygen atoms in total. The fourth-order valence-corrected chi connectivity index (χ4v) is 1.62. The summed E-state index contributed by atoms with van der Waals surface area (Å²) >= 11 is 1.05. The van der Waals surface area contributed by atoms with Crippen molar-refractivity contribution in [3.63, 3.8) is 0 Å². The first-order chi connectivity index (χ1) is 6.27. The first-order valence-electron chi connectivity index (χ1n) is 3.51. The van der Waals surface area contributed by atoms with Gasteiger partial charge in [-0.15, -0.1) is 0 Å². The van der Waals surface area contributed by atoms with Gasteiger partial charge in [0.05, 0.1) is 4.92 Å². The summed E-state index contributed by atoms with van der Waals surface area (Å²) in [7, 11) is 0. The monoisotopic (exact) mass is 195 g/mol. The number of hydrogen-bond acceptors (Lipinski definition) is 4. The lowest BCUT2D eigenvalue weighted by Crippen LogP contribution is -1.85. The van der Waals surface area contributed by atoms with E-state index in [2.05, 4.69) is 4.98 Å². The van der Waals surface area contributed by atoms with Crippen LogP contribution in [0.15, 0.2) is 30.7 Å². The average Bonchev–Trinajstić information content (AvgIpc) is 2.75. The molecule has 0 radical (unpaired) electrons. The second-order valence-corrected chi connectivity index (χ2v) is 3.32. The molecular weight excluding hydrogens is 190 g/mol. The topological polar surface area (TPSA) is 61.0 Å². The van der Waals surface area contributed by atoms with Gasteiger partial charge in [0.1, 0.15) is 6.20 Å². The Morgan fingerprint density at radius 3 is 2.69 bits per heavy atom. The quantitative estimate of drug-likeness (QED) is 0.542. The molecule has 0 spiro atoms. The predicted octanol–water partition coefficient (Wildman–Crippen LogP) is 1.84. The fraction of sp³-hybridized carbons (Fsp3) is 0.